The molecule has 36 heavy (non-hydrogen) atoms. The van der Waals surface area contributed by atoms with Crippen LogP contribution in [0, 0.1) is 13.8 Å². The van der Waals surface area contributed by atoms with Gasteiger partial charge in [-0.25, -0.2) is 19.2 Å². The predicted octanol–water partition coefficient (Wildman–Crippen LogP) is 3.64. The third-order valence-corrected chi connectivity index (χ3v) is 6.01. The minimum absolute atomic E-state index is 0.0792. The first kappa shape index (κ1) is 26.9. The zero-order valence-corrected chi connectivity index (χ0v) is 20.5. The average Bonchev–Trinajstić information content (AvgIpc) is 2.86. The van der Waals surface area contributed by atoms with Crippen LogP contribution in [0.4, 0.5) is 0 Å². The van der Waals surface area contributed by atoms with Crippen LogP contribution < -0.4 is 0 Å². The van der Waals surface area contributed by atoms with Gasteiger partial charge in [-0.2, -0.15) is 0 Å². The lowest BCUT2D eigenvalue weighted by Crippen LogP contribution is -2.48. The van der Waals surface area contributed by atoms with Crippen molar-refractivity contribution in [2.24, 2.45) is 0 Å². The Labute approximate surface area is 209 Å². The molecule has 0 aromatic heterocycles. The number of hydrogen-bond donors (Lipinski definition) is 1. The fourth-order valence-electron chi connectivity index (χ4n) is 3.90. The number of aryl methyl sites for hydroxylation is 2. The number of carboxylic acid groups (broad SMARTS) is 1. The van der Waals surface area contributed by atoms with E-state index in [4.69, 9.17) is 18.9 Å². The van der Waals surface area contributed by atoms with Gasteiger partial charge in [0.15, 0.2) is 0 Å². The zero-order chi connectivity index (χ0) is 26.2. The fraction of sp³-hybridized carbons (Fsp3) is 0.407. The van der Waals surface area contributed by atoms with Crippen molar-refractivity contribution in [2.75, 3.05) is 7.11 Å². The Hall–Kier alpha value is -3.72. The second-order valence-electron chi connectivity index (χ2n) is 8.76. The second-order valence-corrected chi connectivity index (χ2v) is 8.76. The van der Waals surface area contributed by atoms with Gasteiger partial charge in [-0.1, -0.05) is 41.8 Å². The normalized spacial score (nSPS) is 19.0. The summed E-state index contributed by atoms with van der Waals surface area (Å²) in [6, 6.07) is 12.5. The van der Waals surface area contributed by atoms with Crippen LogP contribution in [0.2, 0.25) is 0 Å². The Morgan fingerprint density at radius 2 is 1.19 bits per heavy atom. The smallest absolute Gasteiger partial charge is 0.352 e. The van der Waals surface area contributed by atoms with E-state index < -0.39 is 42.2 Å². The molecule has 0 unspecified atom stereocenters. The molecule has 1 N–H and O–H groups in total. The molecule has 192 valence electrons. The maximum absolute atomic E-state index is 13.2. The summed E-state index contributed by atoms with van der Waals surface area (Å²) in [7, 11) is 1.50. The molecular formula is C27H30O9. The Bertz CT molecular complexity index is 1080. The summed E-state index contributed by atoms with van der Waals surface area (Å²) in [6.45, 7) is 3.65. The topological polar surface area (TPSA) is 125 Å². The molecule has 0 saturated heterocycles. The lowest BCUT2D eigenvalue weighted by molar-refractivity contribution is -0.180. The minimum atomic E-state index is -2.13. The van der Waals surface area contributed by atoms with E-state index in [2.05, 4.69) is 0 Å². The maximum atomic E-state index is 13.2. The van der Waals surface area contributed by atoms with Crippen LogP contribution in [0.5, 0.6) is 0 Å². The summed E-state index contributed by atoms with van der Waals surface area (Å²) >= 11 is 0. The lowest BCUT2D eigenvalue weighted by Gasteiger charge is -2.31. The van der Waals surface area contributed by atoms with Crippen molar-refractivity contribution in [2.45, 2.75) is 63.9 Å². The Morgan fingerprint density at radius 1 is 0.750 bits per heavy atom. The summed E-state index contributed by atoms with van der Waals surface area (Å²) in [4.78, 5) is 50.8. The van der Waals surface area contributed by atoms with E-state index >= 15 is 0 Å². The molecule has 2 aromatic carbocycles. The van der Waals surface area contributed by atoms with Gasteiger partial charge in [-0.05, 0) is 57.4 Å². The van der Waals surface area contributed by atoms with Crippen molar-refractivity contribution in [1.29, 1.82) is 0 Å². The fourth-order valence-corrected chi connectivity index (χ4v) is 3.90. The first-order valence-corrected chi connectivity index (χ1v) is 11.7. The number of aliphatic carboxylic acids is 1. The van der Waals surface area contributed by atoms with Gasteiger partial charge in [0.25, 0.3) is 0 Å². The predicted molar refractivity (Wildman–Crippen MR) is 128 cm³/mol. The van der Waals surface area contributed by atoms with Crippen molar-refractivity contribution < 1.29 is 43.2 Å². The van der Waals surface area contributed by atoms with Crippen LogP contribution in [0.15, 0.2) is 48.5 Å². The minimum Gasteiger partial charge on any atom is -0.478 e. The summed E-state index contributed by atoms with van der Waals surface area (Å²) in [6.07, 6.45) is -2.36. The lowest BCUT2D eigenvalue weighted by atomic mass is 9.94. The summed E-state index contributed by atoms with van der Waals surface area (Å²) in [5.41, 5.74) is 1.95. The SMILES string of the molecule is CO[C@@H]1CCCC[C@H]1OC(=O)[C@H](OC(=O)c1ccc(C)cc1)[C@@H](OC(=O)c1ccc(C)cc1)C(=O)O. The molecule has 9 heteroatoms. The third kappa shape index (κ3) is 6.91. The number of benzene rings is 2. The van der Waals surface area contributed by atoms with E-state index in [1.165, 1.54) is 31.4 Å². The van der Waals surface area contributed by atoms with Gasteiger partial charge in [0.2, 0.25) is 12.2 Å². The number of carbonyl (C=O) groups is 4. The van der Waals surface area contributed by atoms with Gasteiger partial charge >= 0.3 is 23.9 Å². The second kappa shape index (κ2) is 12.3. The first-order valence-electron chi connectivity index (χ1n) is 11.7. The van der Waals surface area contributed by atoms with Crippen molar-refractivity contribution in [3.8, 4) is 0 Å². The molecular weight excluding hydrogens is 468 g/mol. The molecule has 1 aliphatic carbocycles. The highest BCUT2D eigenvalue weighted by Gasteiger charge is 2.43. The molecule has 0 spiro atoms. The molecule has 2 aromatic rings. The van der Waals surface area contributed by atoms with Gasteiger partial charge < -0.3 is 24.1 Å². The third-order valence-electron chi connectivity index (χ3n) is 6.01. The van der Waals surface area contributed by atoms with E-state index in [0.29, 0.717) is 12.8 Å². The van der Waals surface area contributed by atoms with Crippen molar-refractivity contribution >= 4 is 23.9 Å². The van der Waals surface area contributed by atoms with E-state index in [1.807, 2.05) is 13.8 Å². The number of esters is 3. The molecule has 3 rings (SSSR count). The van der Waals surface area contributed by atoms with Crippen molar-refractivity contribution in [3.05, 3.63) is 70.8 Å². The molecule has 0 amide bonds. The number of carbonyl (C=O) groups excluding carboxylic acids is 3. The van der Waals surface area contributed by atoms with Crippen molar-refractivity contribution in [3.63, 3.8) is 0 Å². The molecule has 0 aliphatic heterocycles. The van der Waals surface area contributed by atoms with E-state index in [0.717, 1.165) is 24.0 Å². The van der Waals surface area contributed by atoms with E-state index in [-0.39, 0.29) is 17.2 Å². The molecule has 1 aliphatic rings. The highest BCUT2D eigenvalue weighted by Crippen LogP contribution is 2.25. The number of rotatable bonds is 9. The van der Waals surface area contributed by atoms with E-state index in [1.54, 1.807) is 24.3 Å². The van der Waals surface area contributed by atoms with Crippen LogP contribution in [-0.4, -0.2) is 60.5 Å². The average molecular weight is 499 g/mol. The van der Waals surface area contributed by atoms with Gasteiger partial charge in [0.1, 0.15) is 6.10 Å². The highest BCUT2D eigenvalue weighted by molar-refractivity contribution is 5.95. The summed E-state index contributed by atoms with van der Waals surface area (Å²) in [5.74, 6) is -4.74. The van der Waals surface area contributed by atoms with E-state index in [9.17, 15) is 24.3 Å². The number of methoxy groups -OCH3 is 1. The largest absolute Gasteiger partial charge is 0.478 e. The molecule has 4 atom stereocenters. The number of hydrogen-bond acceptors (Lipinski definition) is 8. The van der Waals surface area contributed by atoms with Gasteiger partial charge in [0, 0.05) is 7.11 Å². The molecule has 0 heterocycles. The van der Waals surface area contributed by atoms with Gasteiger partial charge in [-0.15, -0.1) is 0 Å². The summed E-state index contributed by atoms with van der Waals surface area (Å²) < 4.78 is 21.4. The van der Waals surface area contributed by atoms with Crippen LogP contribution in [0.3, 0.4) is 0 Å². The zero-order valence-electron chi connectivity index (χ0n) is 20.5. The molecule has 0 bridgehead atoms. The first-order chi connectivity index (χ1) is 17.2. The Morgan fingerprint density at radius 3 is 1.64 bits per heavy atom. The standard InChI is InChI=1S/C27H30O9/c1-16-8-12-18(13-9-16)25(30)35-22(24(28)29)23(36-26(31)19-14-10-17(2)11-15-19)27(32)34-21-7-5-4-6-20(21)33-3/h8-15,20-23H,4-7H2,1-3H3,(H,28,29)/t20-,21-,22-,23-/m1/s1. The van der Waals surface area contributed by atoms with Crippen LogP contribution in [0.25, 0.3) is 0 Å². The Kier molecular flexibility index (Phi) is 9.19. The monoisotopic (exact) mass is 498 g/mol. The summed E-state index contributed by atoms with van der Waals surface area (Å²) in [5, 5.41) is 9.86. The molecule has 9 nitrogen and oxygen atoms in total. The molecule has 1 fully saturated rings. The van der Waals surface area contributed by atoms with Crippen molar-refractivity contribution in [1.82, 2.24) is 0 Å². The quantitative estimate of drug-likeness (QED) is 0.407. The van der Waals surface area contributed by atoms with Crippen LogP contribution in [-0.2, 0) is 28.5 Å². The van der Waals surface area contributed by atoms with Crippen LogP contribution in [0.1, 0.15) is 57.5 Å². The molecule has 0 radical (unpaired) electrons. The van der Waals surface area contributed by atoms with Gasteiger partial charge in [0.05, 0.1) is 17.2 Å². The maximum Gasteiger partial charge on any atom is 0.352 e. The number of carboxylic acids is 1. The highest BCUT2D eigenvalue weighted by atomic mass is 16.6. The van der Waals surface area contributed by atoms with Gasteiger partial charge in [-0.3, -0.25) is 0 Å². The number of ether oxygens (including phenoxy) is 4. The Balaban J connectivity index is 1.87. The van der Waals surface area contributed by atoms with Crippen LogP contribution >= 0.6 is 0 Å². The molecule has 1 saturated carbocycles.